The van der Waals surface area contributed by atoms with E-state index >= 15 is 0 Å². The first-order valence-corrected chi connectivity index (χ1v) is 9.61. The first kappa shape index (κ1) is 18.3. The first-order chi connectivity index (χ1) is 11.3. The van der Waals surface area contributed by atoms with Gasteiger partial charge in [0, 0.05) is 24.5 Å². The average molecular weight is 355 g/mol. The van der Waals surface area contributed by atoms with Crippen LogP contribution in [-0.4, -0.2) is 65.4 Å². The van der Waals surface area contributed by atoms with Crippen molar-refractivity contribution in [3.05, 3.63) is 24.3 Å². The van der Waals surface area contributed by atoms with Gasteiger partial charge in [-0.3, -0.25) is 9.78 Å². The van der Waals surface area contributed by atoms with E-state index in [1.54, 1.807) is 0 Å². The number of carbonyl (C=O) groups excluding carboxylic acids is 2. The number of hydrogen-bond acceptors (Lipinski definition) is 7. The summed E-state index contributed by atoms with van der Waals surface area (Å²) in [5, 5.41) is 0. The third-order valence-electron chi connectivity index (χ3n) is 4.05. The van der Waals surface area contributed by atoms with Crippen molar-refractivity contribution >= 4 is 21.7 Å². The third-order valence-corrected chi connectivity index (χ3v) is 5.80. The number of rotatable bonds is 6. The molecule has 1 aromatic heterocycles. The number of carbonyl (C=O) groups is 2. The minimum Gasteiger partial charge on any atom is -0.451 e. The molecule has 0 aromatic carbocycles. The summed E-state index contributed by atoms with van der Waals surface area (Å²) >= 11 is 0. The molecule has 8 nitrogen and oxygen atoms in total. The van der Waals surface area contributed by atoms with Crippen LogP contribution in [0, 0.1) is 0 Å². The van der Waals surface area contributed by atoms with Crippen LogP contribution in [0.1, 0.15) is 37.2 Å². The SMILES string of the molecule is CC[C@@H](C)N(C(=O)COC(=O)c1cnccn1)[C@H]1CCS(=O)(=O)C1. The van der Waals surface area contributed by atoms with E-state index in [9.17, 15) is 18.0 Å². The number of amides is 1. The Bertz CT molecular complexity index is 692. The number of aromatic nitrogens is 2. The normalized spacial score (nSPS) is 20.3. The van der Waals surface area contributed by atoms with Gasteiger partial charge in [-0.15, -0.1) is 0 Å². The summed E-state index contributed by atoms with van der Waals surface area (Å²) in [6, 6.07) is -0.501. The molecule has 1 aliphatic heterocycles. The number of nitrogens with zero attached hydrogens (tertiary/aromatic N) is 3. The van der Waals surface area contributed by atoms with Gasteiger partial charge in [0.05, 0.1) is 17.7 Å². The molecule has 1 fully saturated rings. The molecular weight excluding hydrogens is 334 g/mol. The van der Waals surface area contributed by atoms with Gasteiger partial charge in [0.15, 0.2) is 22.1 Å². The van der Waals surface area contributed by atoms with E-state index in [-0.39, 0.29) is 29.3 Å². The Kier molecular flexibility index (Phi) is 5.87. The van der Waals surface area contributed by atoms with Crippen LogP contribution in [0.4, 0.5) is 0 Å². The Balaban J connectivity index is 2.02. The van der Waals surface area contributed by atoms with E-state index in [0.717, 1.165) is 0 Å². The van der Waals surface area contributed by atoms with Crippen LogP contribution in [0.5, 0.6) is 0 Å². The summed E-state index contributed by atoms with van der Waals surface area (Å²) in [7, 11) is -3.11. The maximum atomic E-state index is 12.5. The van der Waals surface area contributed by atoms with Crippen molar-refractivity contribution in [3.8, 4) is 0 Å². The quantitative estimate of drug-likeness (QED) is 0.682. The van der Waals surface area contributed by atoms with Gasteiger partial charge in [-0.05, 0) is 19.8 Å². The van der Waals surface area contributed by atoms with Crippen LogP contribution < -0.4 is 0 Å². The summed E-state index contributed by atoms with van der Waals surface area (Å²) in [5.74, 6) is -1.10. The molecule has 9 heteroatoms. The summed E-state index contributed by atoms with van der Waals surface area (Å²) in [6.07, 6.45) is 5.13. The number of sulfone groups is 1. The predicted molar refractivity (Wildman–Crippen MR) is 86.0 cm³/mol. The Morgan fingerprint density at radius 2 is 2.17 bits per heavy atom. The van der Waals surface area contributed by atoms with Crippen molar-refractivity contribution in [2.75, 3.05) is 18.1 Å². The van der Waals surface area contributed by atoms with Crippen LogP contribution in [-0.2, 0) is 19.4 Å². The molecule has 1 amide bonds. The Morgan fingerprint density at radius 3 is 2.71 bits per heavy atom. The van der Waals surface area contributed by atoms with Crippen molar-refractivity contribution in [2.45, 2.75) is 38.8 Å². The lowest BCUT2D eigenvalue weighted by molar-refractivity contribution is -0.138. The average Bonchev–Trinajstić information content (AvgIpc) is 2.92. The van der Waals surface area contributed by atoms with Gasteiger partial charge in [0.1, 0.15) is 0 Å². The van der Waals surface area contributed by atoms with E-state index in [1.807, 2.05) is 13.8 Å². The summed E-state index contributed by atoms with van der Waals surface area (Å²) < 4.78 is 28.4. The molecule has 1 aromatic rings. The second-order valence-electron chi connectivity index (χ2n) is 5.78. The monoisotopic (exact) mass is 355 g/mol. The maximum Gasteiger partial charge on any atom is 0.359 e. The molecule has 0 radical (unpaired) electrons. The molecule has 2 atom stereocenters. The highest BCUT2D eigenvalue weighted by atomic mass is 32.2. The highest BCUT2D eigenvalue weighted by Crippen LogP contribution is 2.21. The zero-order chi connectivity index (χ0) is 17.7. The zero-order valence-corrected chi connectivity index (χ0v) is 14.5. The lowest BCUT2D eigenvalue weighted by atomic mass is 10.1. The molecule has 0 unspecified atom stereocenters. The van der Waals surface area contributed by atoms with Crippen LogP contribution in [0.2, 0.25) is 0 Å². The highest BCUT2D eigenvalue weighted by Gasteiger charge is 2.36. The van der Waals surface area contributed by atoms with Gasteiger partial charge in [-0.1, -0.05) is 6.92 Å². The molecular formula is C15H21N3O5S. The fraction of sp³-hybridized carbons (Fsp3) is 0.600. The fourth-order valence-corrected chi connectivity index (χ4v) is 4.39. The van der Waals surface area contributed by atoms with Gasteiger partial charge in [0.2, 0.25) is 0 Å². The van der Waals surface area contributed by atoms with Gasteiger partial charge in [-0.2, -0.15) is 0 Å². The summed E-state index contributed by atoms with van der Waals surface area (Å²) in [5.41, 5.74) is 0.0174. The van der Waals surface area contributed by atoms with Gasteiger partial charge in [0.25, 0.3) is 5.91 Å². The Morgan fingerprint density at radius 1 is 1.42 bits per heavy atom. The molecule has 1 saturated heterocycles. The molecule has 0 saturated carbocycles. The zero-order valence-electron chi connectivity index (χ0n) is 13.7. The molecule has 132 valence electrons. The molecule has 0 aliphatic carbocycles. The predicted octanol–water partition coefficient (Wildman–Crippen LogP) is 0.448. The second kappa shape index (κ2) is 7.69. The first-order valence-electron chi connectivity index (χ1n) is 7.78. The molecule has 0 spiro atoms. The van der Waals surface area contributed by atoms with E-state index in [4.69, 9.17) is 4.74 Å². The van der Waals surface area contributed by atoms with Crippen LogP contribution >= 0.6 is 0 Å². The molecule has 0 N–H and O–H groups in total. The second-order valence-corrected chi connectivity index (χ2v) is 8.01. The molecule has 0 bridgehead atoms. The summed E-state index contributed by atoms with van der Waals surface area (Å²) in [4.78, 5) is 33.4. The van der Waals surface area contributed by atoms with Crippen molar-refractivity contribution in [1.82, 2.24) is 14.9 Å². The highest BCUT2D eigenvalue weighted by molar-refractivity contribution is 7.91. The van der Waals surface area contributed by atoms with Crippen LogP contribution in [0.25, 0.3) is 0 Å². The van der Waals surface area contributed by atoms with Crippen molar-refractivity contribution in [2.24, 2.45) is 0 Å². The number of esters is 1. The molecule has 2 rings (SSSR count). The standard InChI is InChI=1S/C15H21N3O5S/c1-3-11(2)18(12-4-7-24(21,22)10-12)14(19)9-23-15(20)13-8-16-5-6-17-13/h5-6,8,11-12H,3-4,7,9-10H2,1-2H3/t11-,12+/m1/s1. The Hall–Kier alpha value is -2.03. The number of hydrogen-bond donors (Lipinski definition) is 0. The van der Waals surface area contributed by atoms with E-state index < -0.39 is 28.3 Å². The third kappa shape index (κ3) is 4.50. The van der Waals surface area contributed by atoms with Gasteiger partial charge < -0.3 is 9.64 Å². The lowest BCUT2D eigenvalue weighted by Crippen LogP contribution is -2.48. The van der Waals surface area contributed by atoms with Crippen molar-refractivity contribution in [1.29, 1.82) is 0 Å². The fourth-order valence-electron chi connectivity index (χ4n) is 2.68. The van der Waals surface area contributed by atoms with Crippen LogP contribution in [0.15, 0.2) is 18.6 Å². The van der Waals surface area contributed by atoms with Crippen molar-refractivity contribution < 1.29 is 22.7 Å². The maximum absolute atomic E-state index is 12.5. The topological polar surface area (TPSA) is 107 Å². The van der Waals surface area contributed by atoms with E-state index in [0.29, 0.717) is 12.8 Å². The Labute approximate surface area is 141 Å². The molecule has 24 heavy (non-hydrogen) atoms. The van der Waals surface area contributed by atoms with E-state index in [2.05, 4.69) is 9.97 Å². The van der Waals surface area contributed by atoms with Gasteiger partial charge in [-0.25, -0.2) is 18.2 Å². The van der Waals surface area contributed by atoms with E-state index in [1.165, 1.54) is 23.5 Å². The summed E-state index contributed by atoms with van der Waals surface area (Å²) in [6.45, 7) is 3.32. The lowest BCUT2D eigenvalue weighted by Gasteiger charge is -2.33. The number of ether oxygens (including phenoxy) is 1. The van der Waals surface area contributed by atoms with Crippen LogP contribution in [0.3, 0.4) is 0 Å². The minimum atomic E-state index is -3.11. The molecule has 2 heterocycles. The van der Waals surface area contributed by atoms with Crippen molar-refractivity contribution in [3.63, 3.8) is 0 Å². The van der Waals surface area contributed by atoms with Gasteiger partial charge >= 0.3 is 5.97 Å². The minimum absolute atomic E-state index is 0.0174. The molecule has 1 aliphatic rings. The largest absolute Gasteiger partial charge is 0.451 e. The smallest absolute Gasteiger partial charge is 0.359 e.